The average Bonchev–Trinajstić information content (AvgIpc) is 2.47. The third-order valence-electron chi connectivity index (χ3n) is 1.84. The van der Waals surface area contributed by atoms with Crippen molar-refractivity contribution in [1.82, 2.24) is 0 Å². The highest BCUT2D eigenvalue weighted by molar-refractivity contribution is 5.84. The molecule has 1 rings (SSSR count). The van der Waals surface area contributed by atoms with Crippen molar-refractivity contribution < 1.29 is 0 Å². The van der Waals surface area contributed by atoms with E-state index in [-0.39, 0.29) is 0 Å². The smallest absolute Gasteiger partial charge is 0.00952 e. The Balaban J connectivity index is 2.33. The molecule has 9 heavy (non-hydrogen) atoms. The summed E-state index contributed by atoms with van der Waals surface area (Å²) in [6.07, 6.45) is 5.48. The third kappa shape index (κ3) is 1.41. The summed E-state index contributed by atoms with van der Waals surface area (Å²) in [4.78, 5) is 0. The molecule has 0 radical (unpaired) electrons. The molecule has 1 heteroatoms. The van der Waals surface area contributed by atoms with Gasteiger partial charge >= 0.3 is 0 Å². The number of allylic oxidation sites excluding steroid dienone is 2. The minimum atomic E-state index is 0.584. The van der Waals surface area contributed by atoms with E-state index >= 15 is 0 Å². The van der Waals surface area contributed by atoms with Crippen molar-refractivity contribution in [3.8, 4) is 0 Å². The molecule has 1 nitrogen and oxygen atoms in total. The molecular weight excluding hydrogens is 110 g/mol. The first-order valence-electron chi connectivity index (χ1n) is 3.43. The van der Waals surface area contributed by atoms with Gasteiger partial charge in [-0.05, 0) is 26.2 Å². The van der Waals surface area contributed by atoms with E-state index < -0.39 is 0 Å². The minimum Gasteiger partial charge on any atom is -0.310 e. The van der Waals surface area contributed by atoms with Gasteiger partial charge in [-0.15, -0.1) is 0 Å². The summed E-state index contributed by atoms with van der Waals surface area (Å²) in [7, 11) is 0. The van der Waals surface area contributed by atoms with Gasteiger partial charge < -0.3 is 5.41 Å². The molecular formula is C8H13N. The number of hydrogen-bond acceptors (Lipinski definition) is 1. The van der Waals surface area contributed by atoms with Crippen LogP contribution in [0.3, 0.4) is 0 Å². The van der Waals surface area contributed by atoms with E-state index in [0.717, 1.165) is 5.71 Å². The van der Waals surface area contributed by atoms with Crippen LogP contribution in [-0.4, -0.2) is 5.71 Å². The molecule has 50 valence electrons. The summed E-state index contributed by atoms with van der Waals surface area (Å²) in [6.45, 7) is 3.93. The molecule has 0 heterocycles. The molecule has 2 atom stereocenters. The molecule has 0 aromatic rings. The predicted molar refractivity (Wildman–Crippen MR) is 39.8 cm³/mol. The molecule has 0 saturated heterocycles. The van der Waals surface area contributed by atoms with E-state index in [9.17, 15) is 0 Å². The lowest BCUT2D eigenvalue weighted by Gasteiger charge is -1.87. The van der Waals surface area contributed by atoms with E-state index in [1.165, 1.54) is 6.42 Å². The Morgan fingerprint density at radius 3 is 2.67 bits per heavy atom. The Labute approximate surface area is 56.3 Å². The normalized spacial score (nSPS) is 33.1. The zero-order chi connectivity index (χ0) is 6.85. The SMILES string of the molecule is C/C=C\C1CC1C(C)=N. The van der Waals surface area contributed by atoms with Crippen LogP contribution in [0.5, 0.6) is 0 Å². The van der Waals surface area contributed by atoms with Gasteiger partial charge in [0.1, 0.15) is 0 Å². The van der Waals surface area contributed by atoms with Gasteiger partial charge in [0.25, 0.3) is 0 Å². The Morgan fingerprint density at radius 1 is 1.67 bits per heavy atom. The maximum Gasteiger partial charge on any atom is 0.00952 e. The first-order valence-corrected chi connectivity index (χ1v) is 3.43. The van der Waals surface area contributed by atoms with Crippen molar-refractivity contribution >= 4 is 5.71 Å². The van der Waals surface area contributed by atoms with E-state index in [2.05, 4.69) is 12.2 Å². The standard InChI is InChI=1S/C8H13N/c1-3-4-7-5-8(7)6(2)9/h3-4,7-9H,5H2,1-2H3/b4-3-,9-6?. The average molecular weight is 123 g/mol. The molecule has 1 aliphatic rings. The quantitative estimate of drug-likeness (QED) is 0.430. The van der Waals surface area contributed by atoms with Gasteiger partial charge in [0, 0.05) is 11.6 Å². The highest BCUT2D eigenvalue weighted by Crippen LogP contribution is 2.40. The van der Waals surface area contributed by atoms with Crippen LogP contribution in [0.1, 0.15) is 20.3 Å². The lowest BCUT2D eigenvalue weighted by molar-refractivity contribution is 1.02. The van der Waals surface area contributed by atoms with Crippen LogP contribution in [0.15, 0.2) is 12.2 Å². The molecule has 1 saturated carbocycles. The van der Waals surface area contributed by atoms with Crippen LogP contribution in [-0.2, 0) is 0 Å². The Morgan fingerprint density at radius 2 is 2.33 bits per heavy atom. The van der Waals surface area contributed by atoms with Gasteiger partial charge in [0.2, 0.25) is 0 Å². The molecule has 0 bridgehead atoms. The van der Waals surface area contributed by atoms with Gasteiger partial charge in [0.05, 0.1) is 0 Å². The number of rotatable bonds is 2. The van der Waals surface area contributed by atoms with Crippen LogP contribution >= 0.6 is 0 Å². The number of nitrogens with one attached hydrogen (secondary N) is 1. The van der Waals surface area contributed by atoms with Crippen LogP contribution in [0.4, 0.5) is 0 Å². The van der Waals surface area contributed by atoms with Crippen molar-refractivity contribution in [3.63, 3.8) is 0 Å². The fourth-order valence-electron chi connectivity index (χ4n) is 1.17. The van der Waals surface area contributed by atoms with Crippen molar-refractivity contribution in [2.24, 2.45) is 11.8 Å². The molecule has 2 unspecified atom stereocenters. The second kappa shape index (κ2) is 2.34. The predicted octanol–water partition coefficient (Wildman–Crippen LogP) is 2.24. The van der Waals surface area contributed by atoms with Crippen LogP contribution in [0, 0.1) is 17.2 Å². The fourth-order valence-corrected chi connectivity index (χ4v) is 1.17. The molecule has 1 fully saturated rings. The second-order valence-electron chi connectivity index (χ2n) is 2.71. The number of hydrogen-bond donors (Lipinski definition) is 1. The van der Waals surface area contributed by atoms with E-state index in [4.69, 9.17) is 5.41 Å². The van der Waals surface area contributed by atoms with Crippen LogP contribution in [0.2, 0.25) is 0 Å². The molecule has 0 amide bonds. The van der Waals surface area contributed by atoms with Gasteiger partial charge in [-0.25, -0.2) is 0 Å². The largest absolute Gasteiger partial charge is 0.310 e. The third-order valence-corrected chi connectivity index (χ3v) is 1.84. The topological polar surface area (TPSA) is 23.9 Å². The molecule has 0 aliphatic heterocycles. The van der Waals surface area contributed by atoms with E-state index in [0.29, 0.717) is 11.8 Å². The van der Waals surface area contributed by atoms with Crippen LogP contribution < -0.4 is 0 Å². The van der Waals surface area contributed by atoms with Gasteiger partial charge in [0.15, 0.2) is 0 Å². The summed E-state index contributed by atoms with van der Waals surface area (Å²) < 4.78 is 0. The second-order valence-corrected chi connectivity index (χ2v) is 2.71. The zero-order valence-corrected chi connectivity index (χ0v) is 6.02. The summed E-state index contributed by atoms with van der Waals surface area (Å²) >= 11 is 0. The van der Waals surface area contributed by atoms with Gasteiger partial charge in [-0.2, -0.15) is 0 Å². The Kier molecular flexibility index (Phi) is 1.70. The summed E-state index contributed by atoms with van der Waals surface area (Å²) in [5.41, 5.74) is 0.845. The fraction of sp³-hybridized carbons (Fsp3) is 0.625. The lowest BCUT2D eigenvalue weighted by atomic mass is 10.2. The van der Waals surface area contributed by atoms with Crippen molar-refractivity contribution in [3.05, 3.63) is 12.2 Å². The summed E-state index contributed by atoms with van der Waals surface area (Å²) in [5.74, 6) is 1.29. The monoisotopic (exact) mass is 123 g/mol. The maximum atomic E-state index is 7.29. The molecule has 1 aliphatic carbocycles. The van der Waals surface area contributed by atoms with Gasteiger partial charge in [-0.1, -0.05) is 12.2 Å². The first-order chi connectivity index (χ1) is 4.25. The summed E-state index contributed by atoms with van der Waals surface area (Å²) in [6, 6.07) is 0. The molecule has 0 aromatic carbocycles. The first kappa shape index (κ1) is 6.53. The lowest BCUT2D eigenvalue weighted by Crippen LogP contribution is -1.91. The van der Waals surface area contributed by atoms with Crippen LogP contribution in [0.25, 0.3) is 0 Å². The van der Waals surface area contributed by atoms with Crippen molar-refractivity contribution in [2.75, 3.05) is 0 Å². The zero-order valence-electron chi connectivity index (χ0n) is 6.02. The van der Waals surface area contributed by atoms with Crippen molar-refractivity contribution in [1.29, 1.82) is 5.41 Å². The van der Waals surface area contributed by atoms with Crippen molar-refractivity contribution in [2.45, 2.75) is 20.3 Å². The highest BCUT2D eigenvalue weighted by Gasteiger charge is 2.35. The molecule has 1 N–H and O–H groups in total. The van der Waals surface area contributed by atoms with E-state index in [1.54, 1.807) is 0 Å². The Bertz CT molecular complexity index is 147. The van der Waals surface area contributed by atoms with E-state index in [1.807, 2.05) is 13.8 Å². The summed E-state index contributed by atoms with van der Waals surface area (Å²) in [5, 5.41) is 7.29. The molecule has 0 spiro atoms. The Hall–Kier alpha value is -0.590. The highest BCUT2D eigenvalue weighted by atomic mass is 14.5. The van der Waals surface area contributed by atoms with Gasteiger partial charge in [-0.3, -0.25) is 0 Å². The molecule has 0 aromatic heterocycles. The minimum absolute atomic E-state index is 0.584. The maximum absolute atomic E-state index is 7.29.